The molecule has 0 saturated carbocycles. The standard InChI is InChI=1S/C17H20N8O2/c1-11-4-7-25-15(21-22-17(25)20-11)16(27)24-6-2-3-12(9-24)14-19-5-8-23(14)10-13(18)26/h4-5,7-8,12H,2-3,6,9-10H2,1H3,(H2,18,26). The number of fused-ring (bicyclic) bond motifs is 1. The Kier molecular flexibility index (Phi) is 4.30. The van der Waals surface area contributed by atoms with Crippen LogP contribution in [0.4, 0.5) is 0 Å². The minimum atomic E-state index is -0.421. The first-order valence-corrected chi connectivity index (χ1v) is 8.80. The lowest BCUT2D eigenvalue weighted by molar-refractivity contribution is -0.118. The first-order valence-electron chi connectivity index (χ1n) is 8.80. The maximum Gasteiger partial charge on any atom is 0.292 e. The second-order valence-corrected chi connectivity index (χ2v) is 6.73. The van der Waals surface area contributed by atoms with Gasteiger partial charge in [0.1, 0.15) is 12.4 Å². The van der Waals surface area contributed by atoms with Crippen LogP contribution >= 0.6 is 0 Å². The molecule has 0 aromatic carbocycles. The SMILES string of the molecule is Cc1ccn2c(C(=O)N3CCCC(c4nccn4CC(N)=O)C3)nnc2n1. The van der Waals surface area contributed by atoms with E-state index in [1.807, 2.05) is 13.0 Å². The highest BCUT2D eigenvalue weighted by Gasteiger charge is 2.30. The molecule has 10 nitrogen and oxygen atoms in total. The van der Waals surface area contributed by atoms with Crippen LogP contribution in [0.25, 0.3) is 5.78 Å². The number of hydrogen-bond donors (Lipinski definition) is 1. The maximum absolute atomic E-state index is 13.0. The highest BCUT2D eigenvalue weighted by atomic mass is 16.2. The summed E-state index contributed by atoms with van der Waals surface area (Å²) in [6.07, 6.45) is 6.88. The molecule has 1 fully saturated rings. The van der Waals surface area contributed by atoms with Crippen LogP contribution in [-0.2, 0) is 11.3 Å². The lowest BCUT2D eigenvalue weighted by Crippen LogP contribution is -2.40. The molecule has 27 heavy (non-hydrogen) atoms. The molecule has 0 aliphatic carbocycles. The Morgan fingerprint density at radius 2 is 2.15 bits per heavy atom. The molecule has 2 N–H and O–H groups in total. The van der Waals surface area contributed by atoms with Gasteiger partial charge in [-0.15, -0.1) is 10.2 Å². The molecular weight excluding hydrogens is 348 g/mol. The van der Waals surface area contributed by atoms with Gasteiger partial charge in [-0.05, 0) is 25.8 Å². The number of nitrogens with two attached hydrogens (primary N) is 1. The van der Waals surface area contributed by atoms with Crippen molar-refractivity contribution in [3.8, 4) is 0 Å². The topological polar surface area (TPSA) is 124 Å². The summed E-state index contributed by atoms with van der Waals surface area (Å²) in [5.41, 5.74) is 6.12. The summed E-state index contributed by atoms with van der Waals surface area (Å²) in [7, 11) is 0. The van der Waals surface area contributed by atoms with Crippen molar-refractivity contribution in [2.45, 2.75) is 32.2 Å². The van der Waals surface area contributed by atoms with Crippen molar-refractivity contribution in [1.82, 2.24) is 34.0 Å². The lowest BCUT2D eigenvalue weighted by Gasteiger charge is -2.32. The lowest BCUT2D eigenvalue weighted by atomic mass is 9.97. The van der Waals surface area contributed by atoms with E-state index in [-0.39, 0.29) is 24.2 Å². The third-order valence-corrected chi connectivity index (χ3v) is 4.76. The molecule has 1 saturated heterocycles. The Morgan fingerprint density at radius 1 is 1.30 bits per heavy atom. The van der Waals surface area contributed by atoms with Crippen molar-refractivity contribution in [3.63, 3.8) is 0 Å². The third kappa shape index (κ3) is 3.25. The molecule has 1 unspecified atom stereocenters. The number of hydrogen-bond acceptors (Lipinski definition) is 6. The smallest absolute Gasteiger partial charge is 0.292 e. The van der Waals surface area contributed by atoms with E-state index in [4.69, 9.17) is 5.73 Å². The van der Waals surface area contributed by atoms with Crippen LogP contribution in [0.1, 0.15) is 40.9 Å². The zero-order valence-corrected chi connectivity index (χ0v) is 14.9. The van der Waals surface area contributed by atoms with Crippen LogP contribution in [-0.4, -0.2) is 58.9 Å². The largest absolute Gasteiger partial charge is 0.368 e. The number of imidazole rings is 1. The summed E-state index contributed by atoms with van der Waals surface area (Å²) < 4.78 is 3.35. The van der Waals surface area contributed by atoms with E-state index in [1.165, 1.54) is 0 Å². The van der Waals surface area contributed by atoms with Crippen molar-refractivity contribution >= 4 is 17.6 Å². The predicted octanol–water partition coefficient (Wildman–Crippen LogP) is 0.134. The molecule has 4 rings (SSSR count). The molecule has 3 aromatic heterocycles. The molecule has 10 heteroatoms. The number of rotatable bonds is 4. The van der Waals surface area contributed by atoms with Crippen molar-refractivity contribution in [1.29, 1.82) is 0 Å². The van der Waals surface area contributed by atoms with Crippen molar-refractivity contribution < 1.29 is 9.59 Å². The quantitative estimate of drug-likeness (QED) is 0.698. The van der Waals surface area contributed by atoms with Gasteiger partial charge in [0, 0.05) is 43.3 Å². The number of aromatic nitrogens is 6. The summed E-state index contributed by atoms with van der Waals surface area (Å²) >= 11 is 0. The summed E-state index contributed by atoms with van der Waals surface area (Å²) in [4.78, 5) is 34.7. The van der Waals surface area contributed by atoms with Gasteiger partial charge in [-0.25, -0.2) is 9.97 Å². The van der Waals surface area contributed by atoms with E-state index < -0.39 is 5.91 Å². The average molecular weight is 368 g/mol. The number of piperidine rings is 1. The van der Waals surface area contributed by atoms with Crippen molar-refractivity contribution in [2.75, 3.05) is 13.1 Å². The van der Waals surface area contributed by atoms with Gasteiger partial charge in [0.2, 0.25) is 11.7 Å². The monoisotopic (exact) mass is 368 g/mol. The fourth-order valence-electron chi connectivity index (χ4n) is 3.52. The van der Waals surface area contributed by atoms with Crippen LogP contribution in [0.15, 0.2) is 24.7 Å². The zero-order chi connectivity index (χ0) is 19.0. The van der Waals surface area contributed by atoms with Crippen LogP contribution < -0.4 is 5.73 Å². The minimum Gasteiger partial charge on any atom is -0.368 e. The Balaban J connectivity index is 1.57. The van der Waals surface area contributed by atoms with E-state index in [9.17, 15) is 9.59 Å². The van der Waals surface area contributed by atoms with E-state index >= 15 is 0 Å². The predicted molar refractivity (Wildman–Crippen MR) is 94.8 cm³/mol. The van der Waals surface area contributed by atoms with E-state index in [2.05, 4.69) is 20.2 Å². The molecule has 0 bridgehead atoms. The minimum absolute atomic E-state index is 0.0385. The first-order chi connectivity index (χ1) is 13.0. The summed E-state index contributed by atoms with van der Waals surface area (Å²) in [6.45, 7) is 3.09. The molecule has 2 amide bonds. The van der Waals surface area contributed by atoms with E-state index in [0.29, 0.717) is 18.9 Å². The molecule has 4 heterocycles. The molecular formula is C17H20N8O2. The molecule has 140 valence electrons. The number of likely N-dealkylation sites (tertiary alicyclic amines) is 1. The molecule has 1 aliphatic rings. The molecule has 1 atom stereocenters. The first kappa shape index (κ1) is 17.1. The fourth-order valence-corrected chi connectivity index (χ4v) is 3.52. The van der Waals surface area contributed by atoms with E-state index in [1.54, 1.807) is 32.5 Å². The zero-order valence-electron chi connectivity index (χ0n) is 14.9. The Morgan fingerprint density at radius 3 is 2.96 bits per heavy atom. The van der Waals surface area contributed by atoms with Crippen molar-refractivity contribution in [3.05, 3.63) is 42.0 Å². The second kappa shape index (κ2) is 6.78. The van der Waals surface area contributed by atoms with Gasteiger partial charge in [0.05, 0.1) is 0 Å². The number of amides is 2. The van der Waals surface area contributed by atoms with Crippen molar-refractivity contribution in [2.24, 2.45) is 5.73 Å². The van der Waals surface area contributed by atoms with Gasteiger partial charge in [0.25, 0.3) is 11.7 Å². The molecule has 0 spiro atoms. The van der Waals surface area contributed by atoms with Gasteiger partial charge in [-0.1, -0.05) is 0 Å². The van der Waals surface area contributed by atoms with Crippen LogP contribution in [0, 0.1) is 6.92 Å². The number of carbonyl (C=O) groups excluding carboxylic acids is 2. The number of carbonyl (C=O) groups is 2. The highest BCUT2D eigenvalue weighted by Crippen LogP contribution is 2.26. The number of aryl methyl sites for hydroxylation is 1. The molecule has 3 aromatic rings. The van der Waals surface area contributed by atoms with Crippen LogP contribution in [0.2, 0.25) is 0 Å². The Hall–Kier alpha value is -3.30. The molecule has 1 aliphatic heterocycles. The van der Waals surface area contributed by atoms with Gasteiger partial charge in [-0.2, -0.15) is 0 Å². The van der Waals surface area contributed by atoms with Gasteiger partial charge in [-0.3, -0.25) is 14.0 Å². The maximum atomic E-state index is 13.0. The Bertz CT molecular complexity index is 1010. The summed E-state index contributed by atoms with van der Waals surface area (Å²) in [5, 5.41) is 8.03. The second-order valence-electron chi connectivity index (χ2n) is 6.73. The van der Waals surface area contributed by atoms with Gasteiger partial charge in [0.15, 0.2) is 0 Å². The summed E-state index contributed by atoms with van der Waals surface area (Å²) in [6, 6.07) is 1.81. The fraction of sp³-hybridized carbons (Fsp3) is 0.412. The highest BCUT2D eigenvalue weighted by molar-refractivity contribution is 5.91. The molecule has 0 radical (unpaired) electrons. The van der Waals surface area contributed by atoms with Gasteiger partial charge >= 0.3 is 0 Å². The number of primary amides is 1. The van der Waals surface area contributed by atoms with E-state index in [0.717, 1.165) is 24.4 Å². The van der Waals surface area contributed by atoms with Crippen LogP contribution in [0.3, 0.4) is 0 Å². The third-order valence-electron chi connectivity index (χ3n) is 4.76. The van der Waals surface area contributed by atoms with Crippen LogP contribution in [0.5, 0.6) is 0 Å². The number of nitrogens with zero attached hydrogens (tertiary/aromatic N) is 7. The summed E-state index contributed by atoms with van der Waals surface area (Å²) in [5.74, 6) is 0.857. The normalized spacial score (nSPS) is 17.4. The van der Waals surface area contributed by atoms with Gasteiger partial charge < -0.3 is 15.2 Å². The Labute approximate surface area is 155 Å². The average Bonchev–Trinajstić information content (AvgIpc) is 3.27.